The third-order valence-corrected chi connectivity index (χ3v) is 7.10. The third kappa shape index (κ3) is 4.07. The molecule has 1 aromatic carbocycles. The Labute approximate surface area is 196 Å². The summed E-state index contributed by atoms with van der Waals surface area (Å²) in [7, 11) is 0. The highest BCUT2D eigenvalue weighted by molar-refractivity contribution is 5.76. The molecule has 1 saturated heterocycles. The number of piperidine rings is 1. The van der Waals surface area contributed by atoms with Crippen LogP contribution in [0, 0.1) is 6.42 Å². The molecule has 1 aliphatic carbocycles. The summed E-state index contributed by atoms with van der Waals surface area (Å²) in [6, 6.07) is 6.44. The molecule has 0 saturated carbocycles. The van der Waals surface area contributed by atoms with Crippen molar-refractivity contribution in [3.8, 4) is 0 Å². The number of ether oxygens (including phenoxy) is 1. The molecular formula is C26H34N5O2. The number of rotatable bonds is 3. The fourth-order valence-corrected chi connectivity index (χ4v) is 5.68. The summed E-state index contributed by atoms with van der Waals surface area (Å²) in [4.78, 5) is 24.1. The van der Waals surface area contributed by atoms with E-state index in [2.05, 4.69) is 52.1 Å². The monoisotopic (exact) mass is 448 g/mol. The Morgan fingerprint density at radius 3 is 2.82 bits per heavy atom. The fraction of sp³-hybridized carbons (Fsp3) is 0.538. The summed E-state index contributed by atoms with van der Waals surface area (Å²) in [6.45, 7) is 11.2. The van der Waals surface area contributed by atoms with Gasteiger partial charge in [-0.15, -0.1) is 0 Å². The highest BCUT2D eigenvalue weighted by Gasteiger charge is 2.46. The maximum atomic E-state index is 12.4. The van der Waals surface area contributed by atoms with Crippen molar-refractivity contribution >= 4 is 17.6 Å². The maximum absolute atomic E-state index is 12.4. The molecule has 1 fully saturated rings. The number of nitrogens with one attached hydrogen (secondary N) is 2. The van der Waals surface area contributed by atoms with E-state index in [0.717, 1.165) is 56.0 Å². The summed E-state index contributed by atoms with van der Waals surface area (Å²) in [6.07, 6.45) is 6.68. The summed E-state index contributed by atoms with van der Waals surface area (Å²) < 4.78 is 5.48. The maximum Gasteiger partial charge on any atom is 0.407 e. The lowest BCUT2D eigenvalue weighted by molar-refractivity contribution is 0.0523. The molecule has 1 aromatic heterocycles. The van der Waals surface area contributed by atoms with Crippen molar-refractivity contribution in [2.45, 2.75) is 70.4 Å². The lowest BCUT2D eigenvalue weighted by atomic mass is 9.73. The number of anilines is 2. The van der Waals surface area contributed by atoms with Gasteiger partial charge in [0.15, 0.2) is 0 Å². The number of alkyl carbamates (subject to hydrolysis) is 1. The Morgan fingerprint density at radius 2 is 2.06 bits per heavy atom. The predicted octanol–water partition coefficient (Wildman–Crippen LogP) is 4.33. The predicted molar refractivity (Wildman–Crippen MR) is 129 cm³/mol. The summed E-state index contributed by atoms with van der Waals surface area (Å²) in [5.74, 6) is 1.45. The normalized spacial score (nSPS) is 21.1. The standard InChI is InChI=1S/C26H34N5O2/c1-17-8-9-19-21(17)23(30-16-29-19)31-15-26(10-12-27-13-11-26)22-18(6-5-7-20(22)31)14-28-24(32)33-25(2,3)4/h5-7,9,16-17,27H,8,10-15H2,1-4H3,(H,28,32)/t17-/m1/s1. The molecular weight excluding hydrogens is 414 g/mol. The van der Waals surface area contributed by atoms with Crippen molar-refractivity contribution in [1.29, 1.82) is 0 Å². The van der Waals surface area contributed by atoms with Gasteiger partial charge in [0.25, 0.3) is 0 Å². The van der Waals surface area contributed by atoms with Gasteiger partial charge in [0.1, 0.15) is 17.7 Å². The van der Waals surface area contributed by atoms with Gasteiger partial charge < -0.3 is 20.3 Å². The number of hydrogen-bond acceptors (Lipinski definition) is 6. The van der Waals surface area contributed by atoms with Gasteiger partial charge in [-0.3, -0.25) is 0 Å². The van der Waals surface area contributed by atoms with Crippen LogP contribution < -0.4 is 15.5 Å². The molecule has 7 heteroatoms. The van der Waals surface area contributed by atoms with Gasteiger partial charge in [0.2, 0.25) is 0 Å². The minimum absolute atomic E-state index is 0.0379. The number of amides is 1. The van der Waals surface area contributed by atoms with Gasteiger partial charge in [0, 0.05) is 36.2 Å². The van der Waals surface area contributed by atoms with Crippen LogP contribution in [-0.4, -0.2) is 41.3 Å². The number of hydrogen-bond donors (Lipinski definition) is 2. The van der Waals surface area contributed by atoms with E-state index in [1.807, 2.05) is 20.8 Å². The number of nitrogens with zero attached hydrogens (tertiary/aromatic N) is 3. The molecule has 2 aliphatic heterocycles. The van der Waals surface area contributed by atoms with E-state index >= 15 is 0 Å². The molecule has 1 atom stereocenters. The van der Waals surface area contributed by atoms with Crippen LogP contribution in [0.3, 0.4) is 0 Å². The number of carbonyl (C=O) groups excluding carboxylic acids is 1. The zero-order chi connectivity index (χ0) is 23.2. The molecule has 3 heterocycles. The average molecular weight is 449 g/mol. The molecule has 175 valence electrons. The largest absolute Gasteiger partial charge is 0.444 e. The van der Waals surface area contributed by atoms with Gasteiger partial charge in [-0.05, 0) is 76.2 Å². The molecule has 1 radical (unpaired) electrons. The minimum atomic E-state index is -0.517. The highest BCUT2D eigenvalue weighted by Crippen LogP contribution is 2.52. The van der Waals surface area contributed by atoms with Crippen LogP contribution >= 0.6 is 0 Å². The van der Waals surface area contributed by atoms with E-state index in [-0.39, 0.29) is 11.5 Å². The molecule has 33 heavy (non-hydrogen) atoms. The fourth-order valence-electron chi connectivity index (χ4n) is 5.68. The summed E-state index contributed by atoms with van der Waals surface area (Å²) >= 11 is 0. The van der Waals surface area contributed by atoms with E-state index < -0.39 is 5.60 Å². The quantitative estimate of drug-likeness (QED) is 0.727. The van der Waals surface area contributed by atoms with E-state index in [9.17, 15) is 4.79 Å². The van der Waals surface area contributed by atoms with Crippen LogP contribution in [-0.2, 0) is 16.7 Å². The molecule has 0 bridgehead atoms. The van der Waals surface area contributed by atoms with E-state index in [1.54, 1.807) is 6.33 Å². The zero-order valence-corrected chi connectivity index (χ0v) is 20.1. The van der Waals surface area contributed by atoms with E-state index in [1.165, 1.54) is 16.8 Å². The van der Waals surface area contributed by atoms with Crippen LogP contribution in [0.1, 0.15) is 75.3 Å². The number of carbonyl (C=O) groups is 1. The lowest BCUT2D eigenvalue weighted by Crippen LogP contribution is -2.43. The van der Waals surface area contributed by atoms with Crippen LogP contribution in [0.2, 0.25) is 0 Å². The van der Waals surface area contributed by atoms with Gasteiger partial charge in [0.05, 0.1) is 5.69 Å². The molecule has 0 unspecified atom stereocenters. The van der Waals surface area contributed by atoms with Gasteiger partial charge in [-0.2, -0.15) is 0 Å². The molecule has 3 aliphatic rings. The van der Waals surface area contributed by atoms with Crippen molar-refractivity contribution in [3.63, 3.8) is 0 Å². The second kappa shape index (κ2) is 8.28. The number of aromatic nitrogens is 2. The minimum Gasteiger partial charge on any atom is -0.444 e. The number of fused-ring (bicyclic) bond motifs is 3. The topological polar surface area (TPSA) is 79.4 Å². The molecule has 7 nitrogen and oxygen atoms in total. The first-order valence-corrected chi connectivity index (χ1v) is 12.0. The van der Waals surface area contributed by atoms with Gasteiger partial charge >= 0.3 is 6.09 Å². The Morgan fingerprint density at radius 1 is 1.27 bits per heavy atom. The smallest absolute Gasteiger partial charge is 0.407 e. The first-order chi connectivity index (χ1) is 15.8. The molecule has 1 spiro atoms. The second-order valence-corrected chi connectivity index (χ2v) is 10.6. The lowest BCUT2D eigenvalue weighted by Gasteiger charge is -2.36. The van der Waals surface area contributed by atoms with Crippen molar-refractivity contribution in [2.75, 3.05) is 24.5 Å². The number of benzene rings is 1. The Kier molecular flexibility index (Phi) is 5.55. The SMILES string of the molecule is C[C@@H]1C[CH]c2ncnc(N3CC4(CCNCC4)c4c(CNC(=O)OC(C)(C)C)cccc43)c21. The average Bonchev–Trinajstić information content (AvgIpc) is 3.31. The molecule has 2 aromatic rings. The molecule has 2 N–H and O–H groups in total. The Balaban J connectivity index is 1.53. The van der Waals surface area contributed by atoms with Gasteiger partial charge in [-0.25, -0.2) is 14.8 Å². The summed E-state index contributed by atoms with van der Waals surface area (Å²) in [5, 5.41) is 6.51. The van der Waals surface area contributed by atoms with Crippen molar-refractivity contribution in [3.05, 3.63) is 53.3 Å². The first-order valence-electron chi connectivity index (χ1n) is 12.0. The van der Waals surface area contributed by atoms with Crippen molar-refractivity contribution in [2.24, 2.45) is 0 Å². The Hall–Kier alpha value is -2.67. The third-order valence-electron chi connectivity index (χ3n) is 7.10. The molecule has 5 rings (SSSR count). The van der Waals surface area contributed by atoms with Crippen molar-refractivity contribution < 1.29 is 9.53 Å². The molecule has 1 amide bonds. The van der Waals surface area contributed by atoms with E-state index in [0.29, 0.717) is 12.5 Å². The van der Waals surface area contributed by atoms with Crippen LogP contribution in [0.15, 0.2) is 24.5 Å². The highest BCUT2D eigenvalue weighted by atomic mass is 16.6. The van der Waals surface area contributed by atoms with Gasteiger partial charge in [-0.1, -0.05) is 19.1 Å². The second-order valence-electron chi connectivity index (χ2n) is 10.6. The van der Waals surface area contributed by atoms with Crippen molar-refractivity contribution in [1.82, 2.24) is 20.6 Å². The van der Waals surface area contributed by atoms with Crippen LogP contribution in [0.25, 0.3) is 0 Å². The Bertz CT molecular complexity index is 1060. The van der Waals surface area contributed by atoms with Crippen LogP contribution in [0.5, 0.6) is 0 Å². The van der Waals surface area contributed by atoms with Crippen LogP contribution in [0.4, 0.5) is 16.3 Å². The first kappa shape index (κ1) is 22.1. The zero-order valence-electron chi connectivity index (χ0n) is 20.1. The summed E-state index contributed by atoms with van der Waals surface area (Å²) in [5.41, 5.74) is 5.57. The van der Waals surface area contributed by atoms with E-state index in [4.69, 9.17) is 9.72 Å².